The van der Waals surface area contributed by atoms with Gasteiger partial charge in [0.05, 0.1) is 24.4 Å². The monoisotopic (exact) mass is 265 g/mol. The first kappa shape index (κ1) is 14.5. The van der Waals surface area contributed by atoms with E-state index in [0.29, 0.717) is 18.1 Å². The summed E-state index contributed by atoms with van der Waals surface area (Å²) in [5.74, 6) is 1.76. The molecule has 1 aliphatic heterocycles. The molecule has 1 aromatic rings. The van der Waals surface area contributed by atoms with Gasteiger partial charge in [-0.15, -0.1) is 0 Å². The minimum atomic E-state index is 0.353. The van der Waals surface area contributed by atoms with E-state index in [4.69, 9.17) is 4.74 Å². The Hall–Kier alpha value is -0.870. The van der Waals surface area contributed by atoms with Crippen LogP contribution in [0.5, 0.6) is 0 Å². The average molecular weight is 265 g/mol. The quantitative estimate of drug-likeness (QED) is 0.859. The number of ether oxygens (including phenoxy) is 1. The third-order valence-corrected chi connectivity index (χ3v) is 3.70. The fraction of sp³-hybridized carbons (Fsp3) is 0.800. The Labute approximate surface area is 116 Å². The van der Waals surface area contributed by atoms with Gasteiger partial charge in [0.25, 0.3) is 0 Å². The van der Waals surface area contributed by atoms with E-state index in [1.807, 2.05) is 6.20 Å². The van der Waals surface area contributed by atoms with Gasteiger partial charge in [-0.25, -0.2) is 4.98 Å². The van der Waals surface area contributed by atoms with Crippen LogP contribution in [0, 0.1) is 12.8 Å². The van der Waals surface area contributed by atoms with Crippen molar-refractivity contribution in [1.82, 2.24) is 14.9 Å². The molecular formula is C15H27N3O. The summed E-state index contributed by atoms with van der Waals surface area (Å²) in [4.78, 5) is 4.44. The Kier molecular flexibility index (Phi) is 4.99. The lowest BCUT2D eigenvalue weighted by Gasteiger charge is -2.16. The van der Waals surface area contributed by atoms with E-state index in [2.05, 4.69) is 42.6 Å². The Morgan fingerprint density at radius 2 is 2.26 bits per heavy atom. The van der Waals surface area contributed by atoms with Gasteiger partial charge in [-0.1, -0.05) is 13.8 Å². The van der Waals surface area contributed by atoms with Gasteiger partial charge >= 0.3 is 0 Å². The average Bonchev–Trinajstić information content (AvgIpc) is 2.89. The summed E-state index contributed by atoms with van der Waals surface area (Å²) in [6, 6.07) is 0. The predicted molar refractivity (Wildman–Crippen MR) is 77.1 cm³/mol. The summed E-state index contributed by atoms with van der Waals surface area (Å²) in [6.45, 7) is 11.6. The highest BCUT2D eigenvalue weighted by Crippen LogP contribution is 2.21. The van der Waals surface area contributed by atoms with Crippen molar-refractivity contribution in [2.75, 3.05) is 6.54 Å². The lowest BCUT2D eigenvalue weighted by Crippen LogP contribution is -2.24. The molecule has 2 atom stereocenters. The maximum Gasteiger partial charge on any atom is 0.105 e. The number of rotatable bonds is 6. The van der Waals surface area contributed by atoms with Crippen molar-refractivity contribution >= 4 is 0 Å². The molecule has 2 unspecified atom stereocenters. The van der Waals surface area contributed by atoms with Gasteiger partial charge in [-0.05, 0) is 39.2 Å². The molecule has 1 N–H and O–H groups in total. The van der Waals surface area contributed by atoms with Gasteiger partial charge < -0.3 is 14.6 Å². The summed E-state index contributed by atoms with van der Waals surface area (Å²) in [5.41, 5.74) is 1.27. The smallest absolute Gasteiger partial charge is 0.105 e. The molecule has 4 nitrogen and oxygen atoms in total. The molecule has 1 aliphatic rings. The van der Waals surface area contributed by atoms with Gasteiger partial charge in [-0.3, -0.25) is 0 Å². The number of nitrogens with zero attached hydrogens (tertiary/aromatic N) is 2. The number of imidazole rings is 1. The fourth-order valence-electron chi connectivity index (χ4n) is 2.62. The third kappa shape index (κ3) is 4.05. The van der Waals surface area contributed by atoms with Crippen LogP contribution in [0.2, 0.25) is 0 Å². The highest BCUT2D eigenvalue weighted by atomic mass is 16.5. The molecule has 1 fully saturated rings. The second kappa shape index (κ2) is 6.53. The summed E-state index contributed by atoms with van der Waals surface area (Å²) < 4.78 is 8.22. The van der Waals surface area contributed by atoms with Crippen molar-refractivity contribution in [3.8, 4) is 0 Å². The molecular weight excluding hydrogens is 238 g/mol. The minimum Gasteiger partial charge on any atom is -0.373 e. The number of hydrogen-bond acceptors (Lipinski definition) is 3. The molecule has 0 saturated carbocycles. The third-order valence-electron chi connectivity index (χ3n) is 3.70. The molecule has 2 heterocycles. The summed E-state index contributed by atoms with van der Waals surface area (Å²) in [6.07, 6.45) is 5.10. The summed E-state index contributed by atoms with van der Waals surface area (Å²) in [7, 11) is 0. The van der Waals surface area contributed by atoms with Crippen LogP contribution in [0.25, 0.3) is 0 Å². The molecule has 108 valence electrons. The standard InChI is InChI=1S/C15H27N3O/c1-11(2)7-16-8-14-9-17-13(4)18(14)10-15-6-5-12(3)19-15/h9,11-12,15-16H,5-8,10H2,1-4H3. The molecule has 0 aliphatic carbocycles. The molecule has 0 amide bonds. The molecule has 0 aromatic carbocycles. The lowest BCUT2D eigenvalue weighted by molar-refractivity contribution is 0.0449. The second-order valence-corrected chi connectivity index (χ2v) is 6.08. The van der Waals surface area contributed by atoms with E-state index in [9.17, 15) is 0 Å². The van der Waals surface area contributed by atoms with Crippen molar-refractivity contribution in [2.45, 2.75) is 65.8 Å². The first-order valence-electron chi connectivity index (χ1n) is 7.43. The molecule has 0 bridgehead atoms. The fourth-order valence-corrected chi connectivity index (χ4v) is 2.62. The predicted octanol–water partition coefficient (Wildman–Crippen LogP) is 2.50. The van der Waals surface area contributed by atoms with Crippen molar-refractivity contribution in [2.24, 2.45) is 5.92 Å². The van der Waals surface area contributed by atoms with E-state index in [-0.39, 0.29) is 0 Å². The molecule has 1 saturated heterocycles. The molecule has 19 heavy (non-hydrogen) atoms. The molecule has 4 heteroatoms. The van der Waals surface area contributed by atoms with Crippen molar-refractivity contribution in [1.29, 1.82) is 0 Å². The first-order chi connectivity index (χ1) is 9.06. The number of hydrogen-bond donors (Lipinski definition) is 1. The van der Waals surface area contributed by atoms with Crippen LogP contribution >= 0.6 is 0 Å². The highest BCUT2D eigenvalue weighted by molar-refractivity contribution is 5.05. The molecule has 0 radical (unpaired) electrons. The normalized spacial score (nSPS) is 23.4. The molecule has 1 aromatic heterocycles. The van der Waals surface area contributed by atoms with Crippen LogP contribution in [0.4, 0.5) is 0 Å². The van der Waals surface area contributed by atoms with E-state index in [1.165, 1.54) is 12.1 Å². The summed E-state index contributed by atoms with van der Waals surface area (Å²) >= 11 is 0. The van der Waals surface area contributed by atoms with Gasteiger partial charge in [0.15, 0.2) is 0 Å². The second-order valence-electron chi connectivity index (χ2n) is 6.08. The maximum absolute atomic E-state index is 5.92. The first-order valence-corrected chi connectivity index (χ1v) is 7.43. The van der Waals surface area contributed by atoms with Crippen LogP contribution in [-0.4, -0.2) is 28.3 Å². The molecule has 2 rings (SSSR count). The van der Waals surface area contributed by atoms with Gasteiger partial charge in [0.1, 0.15) is 5.82 Å². The van der Waals surface area contributed by atoms with E-state index < -0.39 is 0 Å². The van der Waals surface area contributed by atoms with E-state index in [0.717, 1.165) is 31.9 Å². The Morgan fingerprint density at radius 3 is 2.89 bits per heavy atom. The largest absolute Gasteiger partial charge is 0.373 e. The van der Waals surface area contributed by atoms with Crippen LogP contribution in [0.1, 0.15) is 45.1 Å². The zero-order valence-corrected chi connectivity index (χ0v) is 12.6. The zero-order valence-electron chi connectivity index (χ0n) is 12.6. The van der Waals surface area contributed by atoms with Gasteiger partial charge in [-0.2, -0.15) is 0 Å². The van der Waals surface area contributed by atoms with E-state index in [1.54, 1.807) is 0 Å². The Balaban J connectivity index is 1.93. The van der Waals surface area contributed by atoms with Crippen molar-refractivity contribution in [3.63, 3.8) is 0 Å². The lowest BCUT2D eigenvalue weighted by atomic mass is 10.2. The highest BCUT2D eigenvalue weighted by Gasteiger charge is 2.23. The topological polar surface area (TPSA) is 39.1 Å². The minimum absolute atomic E-state index is 0.353. The number of aryl methyl sites for hydroxylation is 1. The van der Waals surface area contributed by atoms with Crippen LogP contribution in [0.15, 0.2) is 6.20 Å². The van der Waals surface area contributed by atoms with E-state index >= 15 is 0 Å². The Bertz CT molecular complexity index is 400. The van der Waals surface area contributed by atoms with Crippen LogP contribution in [-0.2, 0) is 17.8 Å². The zero-order chi connectivity index (χ0) is 13.8. The summed E-state index contributed by atoms with van der Waals surface area (Å²) in [5, 5.41) is 3.49. The van der Waals surface area contributed by atoms with Gasteiger partial charge in [0, 0.05) is 12.7 Å². The van der Waals surface area contributed by atoms with Gasteiger partial charge in [0.2, 0.25) is 0 Å². The van der Waals surface area contributed by atoms with Crippen molar-refractivity contribution in [3.05, 3.63) is 17.7 Å². The number of aromatic nitrogens is 2. The van der Waals surface area contributed by atoms with Crippen molar-refractivity contribution < 1.29 is 4.74 Å². The molecule has 0 spiro atoms. The Morgan fingerprint density at radius 1 is 1.47 bits per heavy atom. The maximum atomic E-state index is 5.92. The van der Waals surface area contributed by atoms with Crippen LogP contribution < -0.4 is 5.32 Å². The number of nitrogens with one attached hydrogen (secondary N) is 1. The SMILES string of the molecule is Cc1ncc(CNCC(C)C)n1CC1CCC(C)O1. The van der Waals surface area contributed by atoms with Crippen LogP contribution in [0.3, 0.4) is 0 Å².